The van der Waals surface area contributed by atoms with Crippen LogP contribution in [0.3, 0.4) is 0 Å². The van der Waals surface area contributed by atoms with Gasteiger partial charge in [-0.25, -0.2) is 19.6 Å². The molecule has 4 aromatic rings. The van der Waals surface area contributed by atoms with Crippen LogP contribution in [0.15, 0.2) is 48.8 Å². The number of nitrogens with zero attached hydrogens (tertiary/aromatic N) is 4. The Kier molecular flexibility index (Phi) is 8.27. The van der Waals surface area contributed by atoms with E-state index in [4.69, 9.17) is 14.5 Å². The summed E-state index contributed by atoms with van der Waals surface area (Å²) < 4.78 is 10.5. The van der Waals surface area contributed by atoms with E-state index >= 15 is 0 Å². The van der Waals surface area contributed by atoms with E-state index < -0.39 is 17.7 Å². The van der Waals surface area contributed by atoms with Crippen LogP contribution < -0.4 is 5.32 Å². The van der Waals surface area contributed by atoms with Crippen molar-refractivity contribution in [1.29, 1.82) is 0 Å². The molecule has 270 valence electrons. The van der Waals surface area contributed by atoms with Crippen LogP contribution in [-0.4, -0.2) is 78.7 Å². The first kappa shape index (κ1) is 33.8. The smallest absolute Gasteiger partial charge is 0.411 e. The van der Waals surface area contributed by atoms with Gasteiger partial charge in [-0.05, 0) is 99.1 Å². The van der Waals surface area contributed by atoms with Crippen molar-refractivity contribution in [3.8, 4) is 23.1 Å². The predicted octanol–water partition coefficient (Wildman–Crippen LogP) is 6.47. The van der Waals surface area contributed by atoms with Gasteiger partial charge in [-0.2, -0.15) is 0 Å². The van der Waals surface area contributed by atoms with E-state index in [-0.39, 0.29) is 42.1 Å². The highest BCUT2D eigenvalue weighted by Crippen LogP contribution is 2.54. The van der Waals surface area contributed by atoms with Crippen molar-refractivity contribution >= 4 is 28.9 Å². The van der Waals surface area contributed by atoms with Gasteiger partial charge in [-0.3, -0.25) is 9.69 Å². The largest absolute Gasteiger partial charge is 0.453 e. The summed E-state index contributed by atoms with van der Waals surface area (Å²) in [6, 6.07) is 11.8. The lowest BCUT2D eigenvalue weighted by molar-refractivity contribution is -0.136. The second kappa shape index (κ2) is 12.7. The molecule has 4 fully saturated rings. The Morgan fingerprint density at radius 1 is 0.865 bits per heavy atom. The van der Waals surface area contributed by atoms with E-state index in [9.17, 15) is 14.4 Å². The molecule has 0 spiro atoms. The number of aromatic nitrogens is 4. The van der Waals surface area contributed by atoms with Gasteiger partial charge in [0.15, 0.2) is 0 Å². The topological polar surface area (TPSA) is 146 Å². The molecular weight excluding hydrogens is 658 g/mol. The normalized spacial score (nSPS) is 24.9. The number of hydrogen-bond donors (Lipinski definition) is 3. The number of ether oxygens (including phenoxy) is 2. The number of methoxy groups -OCH3 is 1. The summed E-state index contributed by atoms with van der Waals surface area (Å²) in [6.45, 7) is 9.51. The maximum Gasteiger partial charge on any atom is 0.411 e. The molecule has 0 radical (unpaired) electrons. The molecule has 0 bridgehead atoms. The summed E-state index contributed by atoms with van der Waals surface area (Å²) in [6.07, 6.45) is 6.41. The number of imidazole rings is 2. The minimum Gasteiger partial charge on any atom is -0.453 e. The summed E-state index contributed by atoms with van der Waals surface area (Å²) in [4.78, 5) is 58.7. The lowest BCUT2D eigenvalue weighted by Crippen LogP contribution is -2.52. The van der Waals surface area contributed by atoms with Gasteiger partial charge in [0, 0.05) is 23.2 Å². The molecule has 2 saturated carbocycles. The number of amides is 3. The van der Waals surface area contributed by atoms with Crippen molar-refractivity contribution in [3.63, 3.8) is 0 Å². The highest BCUT2D eigenvalue weighted by molar-refractivity contribution is 5.88. The van der Waals surface area contributed by atoms with Gasteiger partial charge in [0.25, 0.3) is 0 Å². The van der Waals surface area contributed by atoms with E-state index in [1.54, 1.807) is 6.20 Å². The number of rotatable bonds is 6. The van der Waals surface area contributed by atoms with E-state index in [0.717, 1.165) is 59.1 Å². The Morgan fingerprint density at radius 3 is 2.23 bits per heavy atom. The van der Waals surface area contributed by atoms with Gasteiger partial charge in [0.05, 0.1) is 37.3 Å². The summed E-state index contributed by atoms with van der Waals surface area (Å²) in [5, 5.41) is 4.86. The van der Waals surface area contributed by atoms with Crippen molar-refractivity contribution in [2.24, 2.45) is 17.8 Å². The first-order valence-electron chi connectivity index (χ1n) is 18.2. The number of nitrogens with one attached hydrogen (secondary N) is 3. The van der Waals surface area contributed by atoms with E-state index in [2.05, 4.69) is 62.4 Å². The number of carbonyl (C=O) groups excluding carboxylic acids is 3. The van der Waals surface area contributed by atoms with Crippen LogP contribution in [0.2, 0.25) is 0 Å². The Morgan fingerprint density at radius 2 is 1.52 bits per heavy atom. The lowest BCUT2D eigenvalue weighted by atomic mass is 10.0. The Bertz CT molecular complexity index is 2120. The fourth-order valence-electron chi connectivity index (χ4n) is 8.01. The third-order valence-electron chi connectivity index (χ3n) is 10.8. The minimum absolute atomic E-state index is 0.0966. The molecule has 2 aromatic carbocycles. The maximum absolute atomic E-state index is 13.7. The van der Waals surface area contributed by atoms with Crippen LogP contribution >= 0.6 is 0 Å². The van der Waals surface area contributed by atoms with Gasteiger partial charge < -0.3 is 29.7 Å². The SMILES string of the molecule is COC(=O)NC(C(=O)N1[C@@H]2C[C@@H]2C[C@H]1c1ncc(C#Cc2ccc3cc(-c4cnc([C@@H]5C[C@H]6C[C@H]6N5C(=O)OC(C)(C)C)[nH]4)ccc3c2)[nH]1)C(C)C. The fraction of sp³-hybridized carbons (Fsp3) is 0.475. The molecule has 2 aliphatic heterocycles. The Balaban J connectivity index is 0.953. The van der Waals surface area contributed by atoms with Crippen molar-refractivity contribution in [1.82, 2.24) is 35.1 Å². The second-order valence-corrected chi connectivity index (χ2v) is 16.0. The number of alkyl carbamates (subject to hydrolysis) is 1. The zero-order valence-corrected chi connectivity index (χ0v) is 30.4. The van der Waals surface area contributed by atoms with Crippen molar-refractivity contribution in [3.05, 3.63) is 71.7 Å². The van der Waals surface area contributed by atoms with E-state index in [1.165, 1.54) is 7.11 Å². The van der Waals surface area contributed by atoms with E-state index in [0.29, 0.717) is 23.4 Å². The number of likely N-dealkylation sites (tertiary alicyclic amines) is 2. The monoisotopic (exact) mass is 703 g/mol. The molecule has 4 heterocycles. The van der Waals surface area contributed by atoms with Crippen LogP contribution in [-0.2, 0) is 14.3 Å². The molecule has 2 aromatic heterocycles. The van der Waals surface area contributed by atoms with Gasteiger partial charge in [0.1, 0.15) is 29.0 Å². The third kappa shape index (κ3) is 6.49. The highest BCUT2D eigenvalue weighted by Gasteiger charge is 2.57. The number of carbonyl (C=O) groups is 3. The molecule has 12 nitrogen and oxygen atoms in total. The number of benzene rings is 2. The summed E-state index contributed by atoms with van der Waals surface area (Å²) in [5.41, 5.74) is 2.91. The minimum atomic E-state index is -0.677. The summed E-state index contributed by atoms with van der Waals surface area (Å²) in [7, 11) is 1.30. The van der Waals surface area contributed by atoms with Gasteiger partial charge in [-0.1, -0.05) is 38.0 Å². The van der Waals surface area contributed by atoms with Crippen molar-refractivity contribution < 1.29 is 23.9 Å². The van der Waals surface area contributed by atoms with Crippen LogP contribution in [0.1, 0.15) is 95.3 Å². The zero-order chi connectivity index (χ0) is 36.5. The number of piperidine rings is 2. The molecule has 8 rings (SSSR count). The molecule has 1 unspecified atom stereocenters. The first-order valence-corrected chi connectivity index (χ1v) is 18.2. The van der Waals surface area contributed by atoms with Crippen LogP contribution in [0.4, 0.5) is 9.59 Å². The van der Waals surface area contributed by atoms with Crippen molar-refractivity contribution in [2.45, 2.75) is 96.1 Å². The second-order valence-electron chi connectivity index (χ2n) is 16.0. The Labute approximate surface area is 303 Å². The summed E-state index contributed by atoms with van der Waals surface area (Å²) in [5.74, 6) is 8.73. The van der Waals surface area contributed by atoms with E-state index in [1.807, 2.05) is 56.7 Å². The first-order chi connectivity index (χ1) is 24.9. The molecular formula is C40H45N7O5. The molecule has 7 atom stereocenters. The average Bonchev–Trinajstić information content (AvgIpc) is 3.70. The van der Waals surface area contributed by atoms with Crippen molar-refractivity contribution in [2.75, 3.05) is 7.11 Å². The molecule has 52 heavy (non-hydrogen) atoms. The van der Waals surface area contributed by atoms with Crippen LogP contribution in [0.25, 0.3) is 22.0 Å². The molecule has 12 heteroatoms. The zero-order valence-electron chi connectivity index (χ0n) is 30.4. The maximum atomic E-state index is 13.7. The standard InChI is InChI=1S/C40H45N7O5/c1-21(2)34(45-38(49)51-6)37(48)46-30-15-26(30)17-32(46)35-41-19-28(43-35)12-8-22-7-9-24-14-25(11-10-23(24)13-22)29-20-42-36(44-29)33-18-27-16-31(27)47(33)39(50)52-40(3,4)5/h7,9-11,13-14,19-21,26-27,30-34H,15-18H2,1-6H3,(H,41,43)(H,42,44)(H,45,49)/t26-,27-,30-,31-,32+,33+,34?/m1/s1. The molecule has 3 amide bonds. The quantitative estimate of drug-likeness (QED) is 0.195. The van der Waals surface area contributed by atoms with Gasteiger partial charge in [0.2, 0.25) is 5.91 Å². The van der Waals surface area contributed by atoms with Gasteiger partial charge in [-0.15, -0.1) is 0 Å². The van der Waals surface area contributed by atoms with Crippen LogP contribution in [0, 0.1) is 29.6 Å². The number of fused-ring (bicyclic) bond motifs is 3. The molecule has 2 aliphatic carbocycles. The molecule has 2 saturated heterocycles. The predicted molar refractivity (Wildman–Crippen MR) is 194 cm³/mol. The number of aromatic amines is 2. The highest BCUT2D eigenvalue weighted by atomic mass is 16.6. The van der Waals surface area contributed by atoms with Crippen LogP contribution in [0.5, 0.6) is 0 Å². The number of H-pyrrole nitrogens is 2. The summed E-state index contributed by atoms with van der Waals surface area (Å²) >= 11 is 0. The Hall–Kier alpha value is -5.31. The fourth-order valence-corrected chi connectivity index (χ4v) is 8.01. The lowest BCUT2D eigenvalue weighted by Gasteiger charge is -2.31. The molecule has 4 aliphatic rings. The van der Waals surface area contributed by atoms with Gasteiger partial charge >= 0.3 is 12.2 Å². The molecule has 3 N–H and O–H groups in total. The third-order valence-corrected chi connectivity index (χ3v) is 10.8. The number of hydrogen-bond acceptors (Lipinski definition) is 7. The average molecular weight is 704 g/mol.